The first-order valence-electron chi connectivity index (χ1n) is 10.4. The number of rotatable bonds is 8. The van der Waals surface area contributed by atoms with Gasteiger partial charge in [-0.05, 0) is 62.4 Å². The van der Waals surface area contributed by atoms with Crippen molar-refractivity contribution in [1.29, 1.82) is 0 Å². The van der Waals surface area contributed by atoms with Gasteiger partial charge in [-0.1, -0.05) is 0 Å². The Morgan fingerprint density at radius 1 is 0.879 bits per heavy atom. The highest BCUT2D eigenvalue weighted by Crippen LogP contribution is 2.15. The molecule has 3 rings (SSSR count). The average Bonchev–Trinajstić information content (AvgIpc) is 3.26. The number of hydroxylamine groups is 1. The topological polar surface area (TPSA) is 102 Å². The Balaban J connectivity index is 1.72. The molecule has 0 saturated heterocycles. The van der Waals surface area contributed by atoms with Crippen molar-refractivity contribution >= 4 is 46.9 Å². The first kappa shape index (κ1) is 23.8. The number of benzene rings is 2. The first-order valence-corrected chi connectivity index (χ1v) is 11.2. The monoisotopic (exact) mass is 465 g/mol. The van der Waals surface area contributed by atoms with E-state index in [9.17, 15) is 19.7 Å². The number of hydrogen-bond donors (Lipinski definition) is 3. The Bertz CT molecular complexity index is 1250. The highest BCUT2D eigenvalue weighted by atomic mass is 32.1. The molecule has 2 aromatic carbocycles. The van der Waals surface area contributed by atoms with Gasteiger partial charge in [0.2, 0.25) is 6.20 Å². The van der Waals surface area contributed by atoms with E-state index < -0.39 is 0 Å². The molecule has 1 aromatic heterocycles. The van der Waals surface area contributed by atoms with Gasteiger partial charge in [0.15, 0.2) is 0 Å². The third-order valence-corrected chi connectivity index (χ3v) is 5.55. The molecule has 9 heteroatoms. The van der Waals surface area contributed by atoms with E-state index >= 15 is 0 Å². The molecular weight excluding hydrogens is 440 g/mol. The molecule has 0 aliphatic rings. The molecule has 0 radical (unpaired) electrons. The van der Waals surface area contributed by atoms with Crippen LogP contribution in [0.15, 0.2) is 60.7 Å². The van der Waals surface area contributed by atoms with E-state index in [1.807, 2.05) is 13.8 Å². The second-order valence-electron chi connectivity index (χ2n) is 6.98. The molecule has 0 unspecified atom stereocenters. The predicted octanol–water partition coefficient (Wildman–Crippen LogP) is 2.73. The van der Waals surface area contributed by atoms with Crippen LogP contribution < -0.4 is 24.8 Å². The summed E-state index contributed by atoms with van der Waals surface area (Å²) in [5.74, 6) is -0.353. The lowest BCUT2D eigenvalue weighted by molar-refractivity contribution is -0.345. The molecular formula is C24H25N4O4S+. The van der Waals surface area contributed by atoms with Crippen molar-refractivity contribution in [1.82, 2.24) is 10.6 Å². The fraction of sp³-hybridized carbons (Fsp3) is 0.167. The highest BCUT2D eigenvalue weighted by Gasteiger charge is 2.12. The molecule has 33 heavy (non-hydrogen) atoms. The van der Waals surface area contributed by atoms with Gasteiger partial charge in [0.1, 0.15) is 0 Å². The van der Waals surface area contributed by atoms with Crippen LogP contribution in [0.2, 0.25) is 0 Å². The maximum atomic E-state index is 12.5. The average molecular weight is 466 g/mol. The molecule has 170 valence electrons. The zero-order valence-corrected chi connectivity index (χ0v) is 19.1. The van der Waals surface area contributed by atoms with Gasteiger partial charge >= 0.3 is 0 Å². The number of nitrogens with one attached hydrogen (secondary N) is 2. The van der Waals surface area contributed by atoms with Crippen LogP contribution in [0.25, 0.3) is 12.4 Å². The van der Waals surface area contributed by atoms with Crippen molar-refractivity contribution in [3.8, 4) is 0 Å². The smallest absolute Gasteiger partial charge is 0.262 e. The van der Waals surface area contributed by atoms with Gasteiger partial charge in [-0.15, -0.1) is 11.3 Å². The Labute approximate surface area is 195 Å². The fourth-order valence-corrected chi connectivity index (χ4v) is 3.79. The number of amides is 2. The van der Waals surface area contributed by atoms with Gasteiger partial charge in [-0.3, -0.25) is 14.8 Å². The second kappa shape index (κ2) is 11.2. The lowest BCUT2D eigenvalue weighted by atomic mass is 10.2. The summed E-state index contributed by atoms with van der Waals surface area (Å²) in [6, 6.07) is 16.5. The van der Waals surface area contributed by atoms with Gasteiger partial charge in [0, 0.05) is 45.8 Å². The summed E-state index contributed by atoms with van der Waals surface area (Å²) >= 11 is 1.33. The SMILES string of the molecule is CCNC(=O)c1ccc(N(O)C=c2ccc(=C[N+](=O)c3ccc(C(=O)NCC)cc3)s2)cc1. The minimum absolute atomic E-state index is 0.169. The van der Waals surface area contributed by atoms with E-state index in [-0.39, 0.29) is 11.8 Å². The number of nitroso groups, excluding NO2 is 1. The van der Waals surface area contributed by atoms with Crippen LogP contribution in [0.4, 0.5) is 11.4 Å². The maximum Gasteiger partial charge on any atom is 0.262 e. The Kier molecular flexibility index (Phi) is 8.06. The van der Waals surface area contributed by atoms with E-state index in [0.29, 0.717) is 40.1 Å². The molecule has 8 nitrogen and oxygen atoms in total. The molecule has 0 spiro atoms. The van der Waals surface area contributed by atoms with E-state index in [0.717, 1.165) is 14.4 Å². The van der Waals surface area contributed by atoms with Crippen molar-refractivity contribution < 1.29 is 19.6 Å². The standard InChI is InChI=1S/C24H24N4O4S/c1-3-25-23(29)17-5-9-19(10-6-17)27(31)15-21-13-14-22(33-21)16-28(32)20-11-7-18(8-12-20)24(30)26-4-2/h5-16,31H,3-4H2,1-2H3,(H-,25,26,29,30)/p+1. The van der Waals surface area contributed by atoms with Crippen molar-refractivity contribution in [2.45, 2.75) is 13.8 Å². The fourth-order valence-electron chi connectivity index (χ4n) is 2.94. The van der Waals surface area contributed by atoms with Crippen LogP contribution in [-0.2, 0) is 0 Å². The maximum absolute atomic E-state index is 12.5. The molecule has 2 amide bonds. The number of anilines is 1. The van der Waals surface area contributed by atoms with E-state index in [1.54, 1.807) is 60.7 Å². The van der Waals surface area contributed by atoms with Crippen LogP contribution >= 0.6 is 11.3 Å². The highest BCUT2D eigenvalue weighted by molar-refractivity contribution is 7.07. The third-order valence-electron chi connectivity index (χ3n) is 4.59. The minimum Gasteiger partial charge on any atom is -0.352 e. The molecule has 3 N–H and O–H groups in total. The molecule has 0 aliphatic heterocycles. The summed E-state index contributed by atoms with van der Waals surface area (Å²) in [5, 5.41) is 16.8. The summed E-state index contributed by atoms with van der Waals surface area (Å²) in [6.45, 7) is 4.76. The number of hydrogen-bond acceptors (Lipinski definition) is 6. The number of carbonyl (C=O) groups is 2. The van der Waals surface area contributed by atoms with Crippen LogP contribution in [0.1, 0.15) is 34.6 Å². The normalized spacial score (nSPS) is 11.8. The van der Waals surface area contributed by atoms with Crippen LogP contribution in [-0.4, -0.2) is 34.9 Å². The lowest BCUT2D eigenvalue weighted by Crippen LogP contribution is -2.22. The van der Waals surface area contributed by atoms with Crippen molar-refractivity contribution in [2.24, 2.45) is 0 Å². The van der Waals surface area contributed by atoms with Gasteiger partial charge in [-0.25, -0.2) is 5.06 Å². The van der Waals surface area contributed by atoms with Crippen LogP contribution in [0.5, 0.6) is 0 Å². The van der Waals surface area contributed by atoms with Gasteiger partial charge in [0.25, 0.3) is 17.5 Å². The molecule has 0 atom stereocenters. The molecule has 1 heterocycles. The van der Waals surface area contributed by atoms with Crippen LogP contribution in [0, 0.1) is 4.91 Å². The zero-order valence-electron chi connectivity index (χ0n) is 18.3. The molecule has 0 aliphatic carbocycles. The summed E-state index contributed by atoms with van der Waals surface area (Å²) in [6.07, 6.45) is 2.96. The molecule has 0 fully saturated rings. The van der Waals surface area contributed by atoms with Crippen LogP contribution in [0.3, 0.4) is 0 Å². The summed E-state index contributed by atoms with van der Waals surface area (Å²) in [7, 11) is 0. The summed E-state index contributed by atoms with van der Waals surface area (Å²) < 4.78 is 2.16. The Hall–Kier alpha value is -3.82. The largest absolute Gasteiger partial charge is 0.352 e. The number of thiophene rings is 1. The second-order valence-corrected chi connectivity index (χ2v) is 8.13. The zero-order chi connectivity index (χ0) is 23.8. The first-order chi connectivity index (χ1) is 15.9. The summed E-state index contributed by atoms with van der Waals surface area (Å²) in [5.41, 5.74) is 1.90. The Morgan fingerprint density at radius 3 is 1.94 bits per heavy atom. The quantitative estimate of drug-likeness (QED) is 0.351. The number of nitrogens with zero attached hydrogens (tertiary/aromatic N) is 2. The van der Waals surface area contributed by atoms with Gasteiger partial charge in [-0.2, -0.15) is 0 Å². The van der Waals surface area contributed by atoms with Crippen molar-refractivity contribution in [3.63, 3.8) is 0 Å². The number of carbonyl (C=O) groups excluding carboxylic acids is 2. The van der Waals surface area contributed by atoms with Crippen molar-refractivity contribution in [2.75, 3.05) is 18.2 Å². The lowest BCUT2D eigenvalue weighted by Gasteiger charge is -2.11. The van der Waals surface area contributed by atoms with E-state index in [4.69, 9.17) is 0 Å². The van der Waals surface area contributed by atoms with Gasteiger partial charge < -0.3 is 10.6 Å². The van der Waals surface area contributed by atoms with E-state index in [1.165, 1.54) is 23.7 Å². The summed E-state index contributed by atoms with van der Waals surface area (Å²) in [4.78, 5) is 36.1. The van der Waals surface area contributed by atoms with E-state index in [2.05, 4.69) is 10.6 Å². The predicted molar refractivity (Wildman–Crippen MR) is 129 cm³/mol. The Morgan fingerprint density at radius 2 is 1.39 bits per heavy atom. The minimum atomic E-state index is -0.184. The van der Waals surface area contributed by atoms with Crippen molar-refractivity contribution in [3.05, 3.63) is 85.8 Å². The molecule has 0 saturated carbocycles. The molecule has 0 bridgehead atoms. The molecule has 3 aromatic rings. The third kappa shape index (κ3) is 6.34. The van der Waals surface area contributed by atoms with Gasteiger partial charge in [0.05, 0.1) is 21.2 Å².